The molecule has 0 N–H and O–H groups in total. The first kappa shape index (κ1) is 11.4. The van der Waals surface area contributed by atoms with Crippen LogP contribution in [0.2, 0.25) is 19.6 Å². The lowest BCUT2D eigenvalue weighted by molar-refractivity contribution is 0.599. The molecule has 0 aliphatic rings. The van der Waals surface area contributed by atoms with Crippen molar-refractivity contribution in [1.82, 2.24) is 0 Å². The molecule has 0 aliphatic heterocycles. The zero-order chi connectivity index (χ0) is 10.9. The minimum Gasteiger partial charge on any atom is -0.207 e. The van der Waals surface area contributed by atoms with E-state index in [0.29, 0.717) is 0 Å². The van der Waals surface area contributed by atoms with Crippen molar-refractivity contribution in [2.75, 3.05) is 0 Å². The zero-order valence-corrected chi connectivity index (χ0v) is 10.7. The summed E-state index contributed by atoms with van der Waals surface area (Å²) in [5.41, 5.74) is 0.826. The predicted molar refractivity (Wildman–Crippen MR) is 63.5 cm³/mol. The lowest BCUT2D eigenvalue weighted by atomic mass is 10.0. The van der Waals surface area contributed by atoms with Gasteiger partial charge in [-0.05, 0) is 17.5 Å². The fourth-order valence-electron chi connectivity index (χ4n) is 1.46. The molecule has 0 radical (unpaired) electrons. The Balaban J connectivity index is 3.13. The molecule has 0 aliphatic carbocycles. The molecular formula is C12H19FSi. The third kappa shape index (κ3) is 2.44. The third-order valence-corrected chi connectivity index (χ3v) is 4.53. The van der Waals surface area contributed by atoms with E-state index >= 15 is 0 Å². The second-order valence-corrected chi connectivity index (χ2v) is 10.2. The van der Waals surface area contributed by atoms with E-state index in [1.165, 1.54) is 5.19 Å². The highest BCUT2D eigenvalue weighted by Crippen LogP contribution is 2.17. The highest BCUT2D eigenvalue weighted by molar-refractivity contribution is 6.88. The van der Waals surface area contributed by atoms with E-state index in [-0.39, 0.29) is 11.7 Å². The minimum atomic E-state index is -1.36. The minimum absolute atomic E-state index is 0.0417. The van der Waals surface area contributed by atoms with E-state index in [0.717, 1.165) is 5.56 Å². The molecule has 0 saturated heterocycles. The predicted octanol–water partition coefficient (Wildman–Crippen LogP) is 3.49. The fourth-order valence-corrected chi connectivity index (χ4v) is 2.60. The molecule has 1 aromatic rings. The summed E-state index contributed by atoms with van der Waals surface area (Å²) in [7, 11) is -1.36. The highest BCUT2D eigenvalue weighted by Gasteiger charge is 2.18. The van der Waals surface area contributed by atoms with E-state index in [1.54, 1.807) is 6.07 Å². The lowest BCUT2D eigenvalue weighted by Gasteiger charge is -2.18. The van der Waals surface area contributed by atoms with Crippen molar-refractivity contribution in [3.8, 4) is 0 Å². The summed E-state index contributed by atoms with van der Waals surface area (Å²) in [4.78, 5) is 0. The second-order valence-electron chi connectivity index (χ2n) is 5.14. The molecule has 1 rings (SSSR count). The molecule has 78 valence electrons. The summed E-state index contributed by atoms with van der Waals surface area (Å²) < 4.78 is 13.7. The van der Waals surface area contributed by atoms with Gasteiger partial charge in [0.05, 0.1) is 8.07 Å². The smallest absolute Gasteiger partial charge is 0.126 e. The van der Waals surface area contributed by atoms with Gasteiger partial charge in [-0.25, -0.2) is 4.39 Å². The first-order valence-electron chi connectivity index (χ1n) is 5.12. The van der Waals surface area contributed by atoms with Crippen LogP contribution in [0.1, 0.15) is 25.3 Å². The standard InChI is InChI=1S/C12H19FSi/c1-9(2)11-7-6-10(8-12(11)13)14(3,4)5/h6-9H,1-5H3. The van der Waals surface area contributed by atoms with Crippen LogP contribution in [0.5, 0.6) is 0 Å². The van der Waals surface area contributed by atoms with Crippen molar-refractivity contribution in [1.29, 1.82) is 0 Å². The fraction of sp³-hybridized carbons (Fsp3) is 0.500. The van der Waals surface area contributed by atoms with Crippen molar-refractivity contribution < 1.29 is 4.39 Å². The SMILES string of the molecule is CC(C)c1ccc([Si](C)(C)C)cc1F. The van der Waals surface area contributed by atoms with Crippen molar-refractivity contribution in [3.63, 3.8) is 0 Å². The average Bonchev–Trinajstić information content (AvgIpc) is 2.01. The average molecular weight is 210 g/mol. The molecule has 0 aromatic heterocycles. The van der Waals surface area contributed by atoms with Crippen LogP contribution in [0, 0.1) is 5.82 Å². The second kappa shape index (κ2) is 3.85. The molecule has 1 aromatic carbocycles. The van der Waals surface area contributed by atoms with Gasteiger partial charge in [0.25, 0.3) is 0 Å². The van der Waals surface area contributed by atoms with Gasteiger partial charge in [-0.2, -0.15) is 0 Å². The van der Waals surface area contributed by atoms with Crippen molar-refractivity contribution >= 4 is 13.3 Å². The maximum Gasteiger partial charge on any atom is 0.126 e. The van der Waals surface area contributed by atoms with Crippen LogP contribution in [0.4, 0.5) is 4.39 Å². The van der Waals surface area contributed by atoms with Crippen LogP contribution >= 0.6 is 0 Å². The van der Waals surface area contributed by atoms with Gasteiger partial charge in [-0.15, -0.1) is 0 Å². The number of hydrogen-bond donors (Lipinski definition) is 0. The largest absolute Gasteiger partial charge is 0.207 e. The number of hydrogen-bond acceptors (Lipinski definition) is 0. The number of halogens is 1. The Bertz CT molecular complexity index is 324. The van der Waals surface area contributed by atoms with Gasteiger partial charge in [0.15, 0.2) is 0 Å². The van der Waals surface area contributed by atoms with Gasteiger partial charge in [0.2, 0.25) is 0 Å². The van der Waals surface area contributed by atoms with E-state index < -0.39 is 8.07 Å². The monoisotopic (exact) mass is 210 g/mol. The molecule has 2 heteroatoms. The molecule has 0 spiro atoms. The molecule has 0 bridgehead atoms. The van der Waals surface area contributed by atoms with Crippen molar-refractivity contribution in [3.05, 3.63) is 29.6 Å². The molecule has 0 atom stereocenters. The third-order valence-electron chi connectivity index (χ3n) is 2.49. The molecule has 0 nitrogen and oxygen atoms in total. The van der Waals surface area contributed by atoms with Crippen LogP contribution in [0.15, 0.2) is 18.2 Å². The van der Waals surface area contributed by atoms with E-state index in [4.69, 9.17) is 0 Å². The Morgan fingerprint density at radius 3 is 2.07 bits per heavy atom. The first-order valence-corrected chi connectivity index (χ1v) is 8.62. The number of benzene rings is 1. The molecule has 0 amide bonds. The molecule has 0 saturated carbocycles. The van der Waals surface area contributed by atoms with Crippen molar-refractivity contribution in [2.45, 2.75) is 39.4 Å². The van der Waals surface area contributed by atoms with Gasteiger partial charge in [-0.1, -0.05) is 50.8 Å². The summed E-state index contributed by atoms with van der Waals surface area (Å²) >= 11 is 0. The molecule has 0 fully saturated rings. The quantitative estimate of drug-likeness (QED) is 0.655. The Labute approximate surface area is 87.2 Å². The van der Waals surface area contributed by atoms with Gasteiger partial charge < -0.3 is 0 Å². The Morgan fingerprint density at radius 1 is 1.14 bits per heavy atom. The van der Waals surface area contributed by atoms with Crippen LogP contribution in [-0.2, 0) is 0 Å². The maximum absolute atomic E-state index is 13.7. The van der Waals surface area contributed by atoms with Crippen molar-refractivity contribution in [2.24, 2.45) is 0 Å². The first-order chi connectivity index (χ1) is 6.32. The Morgan fingerprint density at radius 2 is 1.71 bits per heavy atom. The molecule has 0 heterocycles. The van der Waals surface area contributed by atoms with Crippen LogP contribution in [-0.4, -0.2) is 8.07 Å². The van der Waals surface area contributed by atoms with E-state index in [2.05, 4.69) is 25.7 Å². The summed E-state index contributed by atoms with van der Waals surface area (Å²) in [5.74, 6) is 0.227. The van der Waals surface area contributed by atoms with Gasteiger partial charge in [0, 0.05) is 0 Å². The van der Waals surface area contributed by atoms with Crippen LogP contribution < -0.4 is 5.19 Å². The summed E-state index contributed by atoms with van der Waals surface area (Å²) in [5, 5.41) is 1.19. The normalized spacial score (nSPS) is 12.2. The summed E-state index contributed by atoms with van der Waals surface area (Å²) in [6, 6.07) is 5.75. The van der Waals surface area contributed by atoms with E-state index in [1.807, 2.05) is 19.9 Å². The number of rotatable bonds is 2. The Hall–Kier alpha value is -0.633. The van der Waals surface area contributed by atoms with Gasteiger partial charge in [-0.3, -0.25) is 0 Å². The highest BCUT2D eigenvalue weighted by atomic mass is 28.3. The maximum atomic E-state index is 13.7. The van der Waals surface area contributed by atoms with Crippen LogP contribution in [0.3, 0.4) is 0 Å². The molecule has 0 unspecified atom stereocenters. The topological polar surface area (TPSA) is 0 Å². The molecular weight excluding hydrogens is 191 g/mol. The lowest BCUT2D eigenvalue weighted by Crippen LogP contribution is -2.37. The summed E-state index contributed by atoms with van der Waals surface area (Å²) in [6.07, 6.45) is 0. The molecule has 14 heavy (non-hydrogen) atoms. The zero-order valence-electron chi connectivity index (χ0n) is 9.69. The Kier molecular flexibility index (Phi) is 3.15. The van der Waals surface area contributed by atoms with Gasteiger partial charge in [0.1, 0.15) is 5.82 Å². The van der Waals surface area contributed by atoms with E-state index in [9.17, 15) is 4.39 Å². The summed E-state index contributed by atoms with van der Waals surface area (Å²) in [6.45, 7) is 10.7. The van der Waals surface area contributed by atoms with Crippen LogP contribution in [0.25, 0.3) is 0 Å². The van der Waals surface area contributed by atoms with Gasteiger partial charge >= 0.3 is 0 Å².